The van der Waals surface area contributed by atoms with Crippen LogP contribution in [0.1, 0.15) is 23.8 Å². The zero-order chi connectivity index (χ0) is 16.5. The summed E-state index contributed by atoms with van der Waals surface area (Å²) >= 11 is 7.75. The van der Waals surface area contributed by atoms with Gasteiger partial charge in [-0.2, -0.15) is 4.98 Å². The lowest BCUT2D eigenvalue weighted by Gasteiger charge is -2.16. The predicted molar refractivity (Wildman–Crippen MR) is 91.8 cm³/mol. The van der Waals surface area contributed by atoms with E-state index in [-0.39, 0.29) is 11.8 Å². The van der Waals surface area contributed by atoms with E-state index in [1.54, 1.807) is 16.2 Å². The Morgan fingerprint density at radius 3 is 2.96 bits per heavy atom. The molecule has 1 aliphatic heterocycles. The number of hydrogen-bond donors (Lipinski definition) is 0. The van der Waals surface area contributed by atoms with Crippen LogP contribution in [0.15, 0.2) is 46.3 Å². The summed E-state index contributed by atoms with van der Waals surface area (Å²) in [5.74, 6) is 1.11. The molecule has 3 aromatic rings. The number of halogens is 1. The molecule has 5 nitrogen and oxygen atoms in total. The van der Waals surface area contributed by atoms with Crippen molar-refractivity contribution < 1.29 is 9.32 Å². The number of likely N-dealkylation sites (tertiary alicyclic amines) is 1. The van der Waals surface area contributed by atoms with Gasteiger partial charge in [0.1, 0.15) is 0 Å². The largest absolute Gasteiger partial charge is 0.339 e. The first-order chi connectivity index (χ1) is 11.7. The van der Waals surface area contributed by atoms with Crippen LogP contribution < -0.4 is 0 Å². The maximum Gasteiger partial charge on any atom is 0.232 e. The van der Waals surface area contributed by atoms with Gasteiger partial charge in [0.05, 0.1) is 10.8 Å². The molecule has 0 radical (unpaired) electrons. The molecule has 0 aliphatic carbocycles. The fourth-order valence-corrected chi connectivity index (χ4v) is 3.67. The molecular weight excluding hydrogens is 346 g/mol. The molecule has 0 bridgehead atoms. The molecule has 122 valence electrons. The highest BCUT2D eigenvalue weighted by Crippen LogP contribution is 2.31. The molecule has 7 heteroatoms. The molecule has 1 atom stereocenters. The molecule has 4 rings (SSSR count). The first-order valence-electron chi connectivity index (χ1n) is 7.59. The second-order valence-electron chi connectivity index (χ2n) is 5.70. The number of thiophene rings is 1. The molecule has 0 spiro atoms. The minimum Gasteiger partial charge on any atom is -0.339 e. The molecule has 2 aromatic heterocycles. The smallest absolute Gasteiger partial charge is 0.232 e. The quantitative estimate of drug-likeness (QED) is 0.707. The predicted octanol–water partition coefficient (Wildman–Crippen LogP) is 3.97. The van der Waals surface area contributed by atoms with E-state index in [0.717, 1.165) is 10.4 Å². The highest BCUT2D eigenvalue weighted by atomic mass is 35.5. The van der Waals surface area contributed by atoms with Gasteiger partial charge in [-0.3, -0.25) is 4.79 Å². The van der Waals surface area contributed by atoms with E-state index in [4.69, 9.17) is 16.1 Å². The Kier molecular flexibility index (Phi) is 4.08. The van der Waals surface area contributed by atoms with Gasteiger partial charge < -0.3 is 9.42 Å². The zero-order valence-corrected chi connectivity index (χ0v) is 14.3. The van der Waals surface area contributed by atoms with E-state index < -0.39 is 0 Å². The molecule has 1 aliphatic rings. The van der Waals surface area contributed by atoms with Crippen LogP contribution in [-0.4, -0.2) is 27.5 Å². The van der Waals surface area contributed by atoms with E-state index in [1.807, 2.05) is 41.8 Å². The fourth-order valence-electron chi connectivity index (χ4n) is 2.83. The van der Waals surface area contributed by atoms with E-state index in [2.05, 4.69) is 10.1 Å². The van der Waals surface area contributed by atoms with Gasteiger partial charge in [0.25, 0.3) is 0 Å². The lowest BCUT2D eigenvalue weighted by molar-refractivity contribution is -0.128. The third kappa shape index (κ3) is 2.95. The minimum absolute atomic E-state index is 0.0683. The SMILES string of the molecule is O=C1CC(c2nc(-c3cccs3)no2)CN1Cc1ccccc1Cl. The maximum atomic E-state index is 12.3. The van der Waals surface area contributed by atoms with Gasteiger partial charge in [-0.15, -0.1) is 11.3 Å². The summed E-state index contributed by atoms with van der Waals surface area (Å²) in [6.45, 7) is 1.07. The molecule has 1 unspecified atom stereocenters. The van der Waals surface area contributed by atoms with Crippen molar-refractivity contribution in [1.29, 1.82) is 0 Å². The number of aromatic nitrogens is 2. The lowest BCUT2D eigenvalue weighted by Crippen LogP contribution is -2.24. The second kappa shape index (κ2) is 6.37. The summed E-state index contributed by atoms with van der Waals surface area (Å²) in [6, 6.07) is 11.5. The summed E-state index contributed by atoms with van der Waals surface area (Å²) in [6.07, 6.45) is 0.385. The Labute approximate surface area is 147 Å². The van der Waals surface area contributed by atoms with Crippen LogP contribution in [-0.2, 0) is 11.3 Å². The van der Waals surface area contributed by atoms with Crippen molar-refractivity contribution in [2.75, 3.05) is 6.54 Å². The van der Waals surface area contributed by atoms with Gasteiger partial charge >= 0.3 is 0 Å². The van der Waals surface area contributed by atoms with Crippen molar-refractivity contribution in [3.05, 3.63) is 58.3 Å². The molecule has 1 saturated heterocycles. The number of benzene rings is 1. The Balaban J connectivity index is 1.49. The van der Waals surface area contributed by atoms with Gasteiger partial charge in [-0.05, 0) is 23.1 Å². The summed E-state index contributed by atoms with van der Waals surface area (Å²) in [5, 5.41) is 6.67. The van der Waals surface area contributed by atoms with Crippen LogP contribution in [0, 0.1) is 0 Å². The Morgan fingerprint density at radius 2 is 2.17 bits per heavy atom. The van der Waals surface area contributed by atoms with Gasteiger partial charge in [0, 0.05) is 24.5 Å². The number of amides is 1. The van der Waals surface area contributed by atoms with E-state index in [1.165, 1.54) is 0 Å². The molecule has 1 amide bonds. The summed E-state index contributed by atoms with van der Waals surface area (Å²) in [5.41, 5.74) is 0.943. The van der Waals surface area contributed by atoms with Gasteiger partial charge in [-0.25, -0.2) is 0 Å². The first kappa shape index (κ1) is 15.4. The number of hydrogen-bond acceptors (Lipinski definition) is 5. The molecule has 1 aromatic carbocycles. The number of rotatable bonds is 4. The van der Waals surface area contributed by atoms with Crippen LogP contribution in [0.2, 0.25) is 5.02 Å². The molecule has 1 fully saturated rings. The normalized spacial score (nSPS) is 17.6. The first-order valence-corrected chi connectivity index (χ1v) is 8.85. The summed E-state index contributed by atoms with van der Waals surface area (Å²) in [7, 11) is 0. The molecule has 3 heterocycles. The second-order valence-corrected chi connectivity index (χ2v) is 7.06. The highest BCUT2D eigenvalue weighted by Gasteiger charge is 2.34. The van der Waals surface area contributed by atoms with E-state index >= 15 is 0 Å². The van der Waals surface area contributed by atoms with E-state index in [0.29, 0.717) is 36.2 Å². The molecule has 0 N–H and O–H groups in total. The van der Waals surface area contributed by atoms with Crippen LogP contribution >= 0.6 is 22.9 Å². The van der Waals surface area contributed by atoms with Crippen molar-refractivity contribution in [2.45, 2.75) is 18.9 Å². The standard InChI is InChI=1S/C17H14ClN3O2S/c18-13-5-2-1-4-11(13)9-21-10-12(8-15(21)22)17-19-16(20-23-17)14-6-3-7-24-14/h1-7,12H,8-10H2. The highest BCUT2D eigenvalue weighted by molar-refractivity contribution is 7.13. The van der Waals surface area contributed by atoms with Gasteiger partial charge in [-0.1, -0.05) is 41.0 Å². The third-order valence-corrected chi connectivity index (χ3v) is 5.30. The van der Waals surface area contributed by atoms with Crippen molar-refractivity contribution in [1.82, 2.24) is 15.0 Å². The van der Waals surface area contributed by atoms with Crippen molar-refractivity contribution >= 4 is 28.8 Å². The van der Waals surface area contributed by atoms with E-state index in [9.17, 15) is 4.79 Å². The lowest BCUT2D eigenvalue weighted by atomic mass is 10.1. The monoisotopic (exact) mass is 359 g/mol. The molecule has 24 heavy (non-hydrogen) atoms. The zero-order valence-electron chi connectivity index (χ0n) is 12.7. The minimum atomic E-state index is -0.0683. The topological polar surface area (TPSA) is 59.2 Å². The van der Waals surface area contributed by atoms with Crippen LogP contribution in [0.25, 0.3) is 10.7 Å². The number of carbonyl (C=O) groups is 1. The van der Waals surface area contributed by atoms with Crippen LogP contribution in [0.3, 0.4) is 0 Å². The van der Waals surface area contributed by atoms with Crippen LogP contribution in [0.5, 0.6) is 0 Å². The van der Waals surface area contributed by atoms with Crippen LogP contribution in [0.4, 0.5) is 0 Å². The summed E-state index contributed by atoms with van der Waals surface area (Å²) < 4.78 is 5.38. The van der Waals surface area contributed by atoms with Crippen molar-refractivity contribution in [3.8, 4) is 10.7 Å². The Bertz CT molecular complexity index is 862. The Morgan fingerprint density at radius 1 is 1.29 bits per heavy atom. The number of nitrogens with zero attached hydrogens (tertiary/aromatic N) is 3. The summed E-state index contributed by atoms with van der Waals surface area (Å²) in [4.78, 5) is 19.5. The van der Waals surface area contributed by atoms with Crippen molar-refractivity contribution in [2.24, 2.45) is 0 Å². The number of carbonyl (C=O) groups excluding carboxylic acids is 1. The third-order valence-electron chi connectivity index (χ3n) is 4.07. The average molecular weight is 360 g/mol. The van der Waals surface area contributed by atoms with Gasteiger partial charge in [0.15, 0.2) is 0 Å². The Hall–Kier alpha value is -2.18. The molecular formula is C17H14ClN3O2S. The maximum absolute atomic E-state index is 12.3. The molecule has 0 saturated carbocycles. The average Bonchev–Trinajstić information content (AvgIpc) is 3.30. The van der Waals surface area contributed by atoms with Crippen molar-refractivity contribution in [3.63, 3.8) is 0 Å². The fraction of sp³-hybridized carbons (Fsp3) is 0.235. The van der Waals surface area contributed by atoms with Gasteiger partial charge in [0.2, 0.25) is 17.6 Å².